The van der Waals surface area contributed by atoms with E-state index >= 15 is 0 Å². The van der Waals surface area contributed by atoms with E-state index in [1.807, 2.05) is 7.05 Å². The molecular weight excluding hydrogens is 218 g/mol. The molecule has 3 heteroatoms. The largest absolute Gasteiger partial charge is 0.376 e. The van der Waals surface area contributed by atoms with Crippen LogP contribution in [0.5, 0.6) is 0 Å². The molecule has 0 spiro atoms. The van der Waals surface area contributed by atoms with Crippen molar-refractivity contribution in [2.24, 2.45) is 5.41 Å². The van der Waals surface area contributed by atoms with Gasteiger partial charge in [-0.1, -0.05) is 20.8 Å². The van der Waals surface area contributed by atoms with E-state index in [0.29, 0.717) is 0 Å². The third kappa shape index (κ3) is 3.30. The number of thiophene rings is 1. The van der Waals surface area contributed by atoms with Crippen molar-refractivity contribution in [2.45, 2.75) is 39.8 Å². The third-order valence-corrected chi connectivity index (χ3v) is 3.42. The van der Waals surface area contributed by atoms with Crippen LogP contribution in [0.4, 0.5) is 0 Å². The van der Waals surface area contributed by atoms with Crippen molar-refractivity contribution in [1.82, 2.24) is 5.32 Å². The third-order valence-electron chi connectivity index (χ3n) is 2.72. The Hall–Kier alpha value is -0.380. The molecule has 92 valence electrons. The van der Waals surface area contributed by atoms with Crippen molar-refractivity contribution in [3.63, 3.8) is 0 Å². The molecule has 2 nitrogen and oxygen atoms in total. The maximum Gasteiger partial charge on any atom is 0.0817 e. The molecule has 0 aliphatic rings. The Morgan fingerprint density at radius 2 is 2.12 bits per heavy atom. The Labute approximate surface area is 103 Å². The van der Waals surface area contributed by atoms with Gasteiger partial charge in [-0.25, -0.2) is 0 Å². The molecule has 0 bridgehead atoms. The van der Waals surface area contributed by atoms with Crippen molar-refractivity contribution >= 4 is 11.3 Å². The van der Waals surface area contributed by atoms with Gasteiger partial charge in [0.25, 0.3) is 0 Å². The summed E-state index contributed by atoms with van der Waals surface area (Å²) in [6.45, 7) is 9.49. The lowest BCUT2D eigenvalue weighted by Crippen LogP contribution is -2.40. The van der Waals surface area contributed by atoms with Crippen LogP contribution in [0.15, 0.2) is 16.8 Å². The Balaban J connectivity index is 2.90. The van der Waals surface area contributed by atoms with E-state index in [0.717, 1.165) is 6.61 Å². The van der Waals surface area contributed by atoms with Gasteiger partial charge in [0.15, 0.2) is 0 Å². The zero-order valence-corrected chi connectivity index (χ0v) is 11.7. The normalized spacial score (nSPS) is 16.1. The summed E-state index contributed by atoms with van der Waals surface area (Å²) in [5.41, 5.74) is 1.45. The quantitative estimate of drug-likeness (QED) is 0.852. The van der Waals surface area contributed by atoms with Crippen LogP contribution in [0.2, 0.25) is 0 Å². The molecule has 0 fully saturated rings. The second-order valence-electron chi connectivity index (χ2n) is 5.06. The number of hydrogen-bond acceptors (Lipinski definition) is 3. The average Bonchev–Trinajstić information content (AvgIpc) is 2.69. The standard InChI is InChI=1S/C13H23NOS/c1-6-15-12(13(2,3)4)11(14-5)10-7-8-16-9-10/h7-9,11-12,14H,6H2,1-5H3. The van der Waals surface area contributed by atoms with Crippen LogP contribution in [0.3, 0.4) is 0 Å². The molecule has 16 heavy (non-hydrogen) atoms. The van der Waals surface area contributed by atoms with Crippen molar-refractivity contribution in [1.29, 1.82) is 0 Å². The lowest BCUT2D eigenvalue weighted by Gasteiger charge is -2.36. The molecule has 0 aromatic carbocycles. The fourth-order valence-corrected chi connectivity index (χ4v) is 2.67. The molecule has 1 heterocycles. The minimum absolute atomic E-state index is 0.131. The summed E-state index contributed by atoms with van der Waals surface area (Å²) < 4.78 is 5.93. The number of nitrogens with one attached hydrogen (secondary N) is 1. The molecule has 1 N–H and O–H groups in total. The van der Waals surface area contributed by atoms with Gasteiger partial charge in [-0.05, 0) is 41.8 Å². The summed E-state index contributed by atoms with van der Waals surface area (Å²) >= 11 is 1.73. The van der Waals surface area contributed by atoms with Crippen LogP contribution >= 0.6 is 11.3 Å². The Kier molecular flexibility index (Phi) is 4.96. The first-order valence-corrected chi connectivity index (χ1v) is 6.76. The van der Waals surface area contributed by atoms with Gasteiger partial charge in [0, 0.05) is 6.61 Å². The minimum Gasteiger partial charge on any atom is -0.376 e. The molecular formula is C13H23NOS. The second kappa shape index (κ2) is 5.80. The zero-order valence-electron chi connectivity index (χ0n) is 10.9. The first kappa shape index (κ1) is 13.7. The average molecular weight is 241 g/mol. The Morgan fingerprint density at radius 1 is 1.44 bits per heavy atom. The molecule has 1 aromatic heterocycles. The van der Waals surface area contributed by atoms with Gasteiger partial charge < -0.3 is 10.1 Å². The summed E-state index contributed by atoms with van der Waals surface area (Å²) in [5, 5.41) is 7.69. The molecule has 0 saturated heterocycles. The molecule has 1 rings (SSSR count). The van der Waals surface area contributed by atoms with E-state index in [4.69, 9.17) is 4.74 Å². The fourth-order valence-electron chi connectivity index (χ4n) is 1.97. The van der Waals surface area contributed by atoms with Gasteiger partial charge in [0.05, 0.1) is 12.1 Å². The van der Waals surface area contributed by atoms with Crippen LogP contribution in [0.1, 0.15) is 39.3 Å². The summed E-state index contributed by atoms with van der Waals surface area (Å²) in [5.74, 6) is 0. The van der Waals surface area contributed by atoms with Crippen molar-refractivity contribution in [3.8, 4) is 0 Å². The van der Waals surface area contributed by atoms with Crippen LogP contribution in [0, 0.1) is 5.41 Å². The molecule has 1 aromatic rings. The number of likely N-dealkylation sites (N-methyl/N-ethyl adjacent to an activating group) is 1. The predicted molar refractivity (Wildman–Crippen MR) is 71.0 cm³/mol. The van der Waals surface area contributed by atoms with Gasteiger partial charge in [0.1, 0.15) is 0 Å². The van der Waals surface area contributed by atoms with Gasteiger partial charge in [-0.15, -0.1) is 0 Å². The minimum atomic E-state index is 0.131. The van der Waals surface area contributed by atoms with Crippen molar-refractivity contribution < 1.29 is 4.74 Å². The highest BCUT2D eigenvalue weighted by atomic mass is 32.1. The fraction of sp³-hybridized carbons (Fsp3) is 0.692. The predicted octanol–water partition coefficient (Wildman–Crippen LogP) is 3.46. The van der Waals surface area contributed by atoms with E-state index in [1.54, 1.807) is 11.3 Å². The molecule has 0 saturated carbocycles. The van der Waals surface area contributed by atoms with Gasteiger partial charge >= 0.3 is 0 Å². The Bertz CT molecular complexity index is 289. The summed E-state index contributed by atoms with van der Waals surface area (Å²) in [4.78, 5) is 0. The van der Waals surface area contributed by atoms with Crippen LogP contribution in [0.25, 0.3) is 0 Å². The first-order chi connectivity index (χ1) is 7.50. The molecule has 2 unspecified atom stereocenters. The van der Waals surface area contributed by atoms with Gasteiger partial charge in [0.2, 0.25) is 0 Å². The highest BCUT2D eigenvalue weighted by Gasteiger charge is 2.33. The maximum absolute atomic E-state index is 5.93. The molecule has 0 radical (unpaired) electrons. The smallest absolute Gasteiger partial charge is 0.0817 e. The molecule has 0 aliphatic heterocycles. The monoisotopic (exact) mass is 241 g/mol. The second-order valence-corrected chi connectivity index (χ2v) is 5.85. The van der Waals surface area contributed by atoms with Crippen LogP contribution in [-0.4, -0.2) is 19.8 Å². The maximum atomic E-state index is 5.93. The lowest BCUT2D eigenvalue weighted by molar-refractivity contribution is -0.0350. The number of rotatable bonds is 5. The van der Waals surface area contributed by atoms with Crippen molar-refractivity contribution in [3.05, 3.63) is 22.4 Å². The lowest BCUT2D eigenvalue weighted by atomic mass is 9.82. The summed E-state index contributed by atoms with van der Waals surface area (Å²) in [6.07, 6.45) is 0.192. The zero-order chi connectivity index (χ0) is 12.2. The van der Waals surface area contributed by atoms with Crippen molar-refractivity contribution in [2.75, 3.05) is 13.7 Å². The first-order valence-electron chi connectivity index (χ1n) is 5.81. The van der Waals surface area contributed by atoms with Gasteiger partial charge in [-0.3, -0.25) is 0 Å². The highest BCUT2D eigenvalue weighted by Crippen LogP contribution is 2.33. The van der Waals surface area contributed by atoms with E-state index in [1.165, 1.54) is 5.56 Å². The SMILES string of the molecule is CCOC(C(NC)c1ccsc1)C(C)(C)C. The Morgan fingerprint density at radius 3 is 2.50 bits per heavy atom. The molecule has 0 aliphatic carbocycles. The van der Waals surface area contributed by atoms with E-state index in [9.17, 15) is 0 Å². The van der Waals surface area contributed by atoms with E-state index in [-0.39, 0.29) is 17.6 Å². The van der Waals surface area contributed by atoms with E-state index < -0.39 is 0 Å². The molecule has 2 atom stereocenters. The van der Waals surface area contributed by atoms with Crippen LogP contribution < -0.4 is 5.32 Å². The van der Waals surface area contributed by atoms with E-state index in [2.05, 4.69) is 49.8 Å². The molecule has 0 amide bonds. The number of ether oxygens (including phenoxy) is 1. The summed E-state index contributed by atoms with van der Waals surface area (Å²) in [7, 11) is 2.00. The van der Waals surface area contributed by atoms with Crippen LogP contribution in [-0.2, 0) is 4.74 Å². The summed E-state index contributed by atoms with van der Waals surface area (Å²) in [6, 6.07) is 2.44. The highest BCUT2D eigenvalue weighted by molar-refractivity contribution is 7.07. The number of hydrogen-bond donors (Lipinski definition) is 1. The topological polar surface area (TPSA) is 21.3 Å². The van der Waals surface area contributed by atoms with Gasteiger partial charge in [-0.2, -0.15) is 11.3 Å².